The predicted molar refractivity (Wildman–Crippen MR) is 108 cm³/mol. The highest BCUT2D eigenvalue weighted by atomic mass is 19.4. The van der Waals surface area contributed by atoms with Crippen LogP contribution in [-0.4, -0.2) is 31.2 Å². The Morgan fingerprint density at radius 2 is 1.81 bits per heavy atom. The van der Waals surface area contributed by atoms with Crippen LogP contribution >= 0.6 is 0 Å². The Balaban J connectivity index is 1.68. The standard InChI is InChI=1S/C22H20F4N2O3/c1-30-18-7-3-14(11-19(18)31-2)4-8-21(29)27-9-10-28-17-6-5-16(23)12-15(17)13-20(28)22(24,25)26/h3-8,11-13H,9-10H2,1-2H3,(H,27,29)/b8-4+. The molecule has 0 saturated carbocycles. The third-order valence-corrected chi connectivity index (χ3v) is 4.62. The minimum absolute atomic E-state index is 0.0423. The van der Waals surface area contributed by atoms with Gasteiger partial charge in [0, 0.05) is 30.1 Å². The van der Waals surface area contributed by atoms with E-state index in [2.05, 4.69) is 5.32 Å². The Morgan fingerprint density at radius 1 is 1.06 bits per heavy atom. The lowest BCUT2D eigenvalue weighted by Gasteiger charge is -2.13. The maximum Gasteiger partial charge on any atom is 0.431 e. The van der Waals surface area contributed by atoms with Crippen LogP contribution in [0.2, 0.25) is 0 Å². The second-order valence-electron chi connectivity index (χ2n) is 6.62. The number of aromatic nitrogens is 1. The van der Waals surface area contributed by atoms with Crippen molar-refractivity contribution in [2.45, 2.75) is 12.7 Å². The topological polar surface area (TPSA) is 52.5 Å². The molecular formula is C22H20F4N2O3. The normalized spacial score (nSPS) is 11.8. The molecule has 164 valence electrons. The van der Waals surface area contributed by atoms with E-state index >= 15 is 0 Å². The second kappa shape index (κ2) is 9.11. The smallest absolute Gasteiger partial charge is 0.431 e. The number of hydrogen-bond acceptors (Lipinski definition) is 3. The third-order valence-electron chi connectivity index (χ3n) is 4.62. The summed E-state index contributed by atoms with van der Waals surface area (Å²) in [4.78, 5) is 12.1. The van der Waals surface area contributed by atoms with Crippen molar-refractivity contribution in [3.05, 3.63) is 65.6 Å². The summed E-state index contributed by atoms with van der Waals surface area (Å²) in [5, 5.41) is 2.70. The summed E-state index contributed by atoms with van der Waals surface area (Å²) < 4.78 is 64.8. The Bertz CT molecular complexity index is 1120. The van der Waals surface area contributed by atoms with Gasteiger partial charge in [-0.3, -0.25) is 4.79 Å². The van der Waals surface area contributed by atoms with E-state index in [1.54, 1.807) is 24.3 Å². The number of methoxy groups -OCH3 is 2. The highest BCUT2D eigenvalue weighted by Gasteiger charge is 2.35. The van der Waals surface area contributed by atoms with Crippen molar-refractivity contribution in [1.82, 2.24) is 9.88 Å². The van der Waals surface area contributed by atoms with E-state index in [0.29, 0.717) is 17.1 Å². The van der Waals surface area contributed by atoms with Crippen LogP contribution in [0.15, 0.2) is 48.5 Å². The van der Waals surface area contributed by atoms with Crippen molar-refractivity contribution < 1.29 is 31.8 Å². The van der Waals surface area contributed by atoms with Gasteiger partial charge in [0.05, 0.1) is 14.2 Å². The van der Waals surface area contributed by atoms with Gasteiger partial charge in [-0.1, -0.05) is 6.07 Å². The van der Waals surface area contributed by atoms with Crippen molar-refractivity contribution >= 4 is 22.9 Å². The van der Waals surface area contributed by atoms with Crippen LogP contribution in [-0.2, 0) is 17.5 Å². The number of carbonyl (C=O) groups excluding carboxylic acids is 1. The molecule has 0 spiro atoms. The number of nitrogens with one attached hydrogen (secondary N) is 1. The number of hydrogen-bond donors (Lipinski definition) is 1. The quantitative estimate of drug-likeness (QED) is 0.434. The SMILES string of the molecule is COc1ccc(/C=C/C(=O)NCCn2c(C(F)(F)F)cc3cc(F)ccc32)cc1OC. The van der Waals surface area contributed by atoms with Gasteiger partial charge in [0.25, 0.3) is 0 Å². The number of carbonyl (C=O) groups is 1. The third kappa shape index (κ3) is 5.17. The molecule has 1 heterocycles. The van der Waals surface area contributed by atoms with Gasteiger partial charge in [-0.05, 0) is 48.0 Å². The number of rotatable bonds is 7. The largest absolute Gasteiger partial charge is 0.493 e. The molecule has 0 bridgehead atoms. The number of fused-ring (bicyclic) bond motifs is 1. The molecule has 0 saturated heterocycles. The lowest BCUT2D eigenvalue weighted by Crippen LogP contribution is -2.26. The summed E-state index contributed by atoms with van der Waals surface area (Å²) >= 11 is 0. The molecule has 5 nitrogen and oxygen atoms in total. The van der Waals surface area contributed by atoms with Gasteiger partial charge in [0.2, 0.25) is 5.91 Å². The van der Waals surface area contributed by atoms with Gasteiger partial charge in [-0.2, -0.15) is 13.2 Å². The zero-order valence-corrected chi connectivity index (χ0v) is 16.8. The minimum atomic E-state index is -4.60. The van der Waals surface area contributed by atoms with E-state index in [4.69, 9.17) is 9.47 Å². The summed E-state index contributed by atoms with van der Waals surface area (Å²) in [7, 11) is 3.00. The molecule has 0 aliphatic carbocycles. The van der Waals surface area contributed by atoms with E-state index in [0.717, 1.165) is 22.8 Å². The Kier molecular flexibility index (Phi) is 6.53. The van der Waals surface area contributed by atoms with Crippen LogP contribution in [0.25, 0.3) is 17.0 Å². The number of halogens is 4. The van der Waals surface area contributed by atoms with Gasteiger partial charge in [0.15, 0.2) is 11.5 Å². The molecule has 0 aliphatic heterocycles. The molecule has 3 rings (SSSR count). The first-order valence-corrected chi connectivity index (χ1v) is 9.27. The molecule has 0 atom stereocenters. The first-order valence-electron chi connectivity index (χ1n) is 9.27. The van der Waals surface area contributed by atoms with E-state index in [9.17, 15) is 22.4 Å². The van der Waals surface area contributed by atoms with Gasteiger partial charge in [-0.25, -0.2) is 4.39 Å². The van der Waals surface area contributed by atoms with Crippen molar-refractivity contribution in [1.29, 1.82) is 0 Å². The average Bonchev–Trinajstić information content (AvgIpc) is 3.10. The highest BCUT2D eigenvalue weighted by molar-refractivity contribution is 5.91. The van der Waals surface area contributed by atoms with Crippen LogP contribution in [0.1, 0.15) is 11.3 Å². The van der Waals surface area contributed by atoms with E-state index in [1.807, 2.05) is 0 Å². The lowest BCUT2D eigenvalue weighted by molar-refractivity contribution is -0.143. The predicted octanol–water partition coefficient (Wildman–Crippen LogP) is 4.65. The fourth-order valence-corrected chi connectivity index (χ4v) is 3.20. The van der Waals surface area contributed by atoms with Crippen LogP contribution in [0.3, 0.4) is 0 Å². The lowest BCUT2D eigenvalue weighted by atomic mass is 10.2. The Morgan fingerprint density at radius 3 is 2.48 bits per heavy atom. The first-order chi connectivity index (χ1) is 14.7. The number of amides is 1. The van der Waals surface area contributed by atoms with Crippen molar-refractivity contribution in [3.8, 4) is 11.5 Å². The van der Waals surface area contributed by atoms with Gasteiger partial charge < -0.3 is 19.4 Å². The molecule has 0 radical (unpaired) electrons. The Hall–Kier alpha value is -3.49. The maximum atomic E-state index is 13.4. The molecule has 1 N–H and O–H groups in total. The fraction of sp³-hybridized carbons (Fsp3) is 0.227. The second-order valence-corrected chi connectivity index (χ2v) is 6.62. The molecule has 0 fully saturated rings. The van der Waals surface area contributed by atoms with Crippen LogP contribution in [0.4, 0.5) is 17.6 Å². The van der Waals surface area contributed by atoms with Crippen LogP contribution < -0.4 is 14.8 Å². The monoisotopic (exact) mass is 436 g/mol. The number of nitrogens with zero attached hydrogens (tertiary/aromatic N) is 1. The van der Waals surface area contributed by atoms with Crippen LogP contribution in [0, 0.1) is 5.82 Å². The highest BCUT2D eigenvalue weighted by Crippen LogP contribution is 2.34. The number of benzene rings is 2. The maximum absolute atomic E-state index is 13.4. The molecular weight excluding hydrogens is 416 g/mol. The van der Waals surface area contributed by atoms with Gasteiger partial charge in [-0.15, -0.1) is 0 Å². The summed E-state index contributed by atoms with van der Waals surface area (Å²) in [6.45, 7) is -0.167. The fourth-order valence-electron chi connectivity index (χ4n) is 3.20. The summed E-state index contributed by atoms with van der Waals surface area (Å²) in [5.74, 6) is -0.0399. The minimum Gasteiger partial charge on any atom is -0.493 e. The van der Waals surface area contributed by atoms with E-state index < -0.39 is 23.6 Å². The molecule has 2 aromatic carbocycles. The zero-order chi connectivity index (χ0) is 22.6. The van der Waals surface area contributed by atoms with E-state index in [1.165, 1.54) is 26.4 Å². The van der Waals surface area contributed by atoms with Crippen molar-refractivity contribution in [2.24, 2.45) is 0 Å². The first kappa shape index (κ1) is 22.2. The van der Waals surface area contributed by atoms with Crippen molar-refractivity contribution in [3.63, 3.8) is 0 Å². The Labute approximate surface area is 175 Å². The van der Waals surface area contributed by atoms with Gasteiger partial charge in [0.1, 0.15) is 11.5 Å². The molecule has 9 heteroatoms. The summed E-state index contributed by atoms with van der Waals surface area (Å²) in [5.41, 5.74) is 0.0256. The van der Waals surface area contributed by atoms with E-state index in [-0.39, 0.29) is 24.0 Å². The zero-order valence-electron chi connectivity index (χ0n) is 16.8. The molecule has 1 amide bonds. The molecule has 0 aliphatic rings. The molecule has 3 aromatic rings. The van der Waals surface area contributed by atoms with Crippen molar-refractivity contribution in [2.75, 3.05) is 20.8 Å². The number of alkyl halides is 3. The van der Waals surface area contributed by atoms with Crippen LogP contribution in [0.5, 0.6) is 11.5 Å². The average molecular weight is 436 g/mol. The van der Waals surface area contributed by atoms with Gasteiger partial charge >= 0.3 is 6.18 Å². The number of ether oxygens (including phenoxy) is 2. The molecule has 1 aromatic heterocycles. The summed E-state index contributed by atoms with van der Waals surface area (Å²) in [6, 6.07) is 9.44. The molecule has 0 unspecified atom stereocenters. The molecule has 31 heavy (non-hydrogen) atoms. The summed E-state index contributed by atoms with van der Waals surface area (Å²) in [6.07, 6.45) is -1.78.